The van der Waals surface area contributed by atoms with Crippen LogP contribution in [0.4, 0.5) is 10.5 Å². The van der Waals surface area contributed by atoms with Gasteiger partial charge in [0.15, 0.2) is 0 Å². The molecule has 1 saturated heterocycles. The largest absolute Gasteiger partial charge is 0.354 e. The second kappa shape index (κ2) is 5.53. The number of carbonyl (C=O) groups is 2. The number of aryl methyl sites for hydroxylation is 2. The molecule has 1 heterocycles. The highest BCUT2D eigenvalue weighted by Gasteiger charge is 2.19. The van der Waals surface area contributed by atoms with Gasteiger partial charge in [0, 0.05) is 24.7 Å². The molecule has 1 aromatic rings. The van der Waals surface area contributed by atoms with Crippen LogP contribution in [0.25, 0.3) is 0 Å². The highest BCUT2D eigenvalue weighted by atomic mass is 16.2. The Kier molecular flexibility index (Phi) is 3.58. The Morgan fingerprint density at radius 2 is 2.05 bits per heavy atom. The number of rotatable bonds is 2. The number of urea groups is 1. The van der Waals surface area contributed by atoms with Gasteiger partial charge in [0.1, 0.15) is 0 Å². The van der Waals surface area contributed by atoms with Crippen molar-refractivity contribution in [2.45, 2.75) is 38.1 Å². The lowest BCUT2D eigenvalue weighted by atomic mass is 10.1. The quantitative estimate of drug-likeness (QED) is 0.765. The maximum atomic E-state index is 11.9. The first-order chi connectivity index (χ1) is 9.70. The van der Waals surface area contributed by atoms with E-state index in [1.165, 1.54) is 17.5 Å². The molecule has 3 rings (SSSR count). The van der Waals surface area contributed by atoms with Gasteiger partial charge in [0.2, 0.25) is 5.91 Å². The zero-order chi connectivity index (χ0) is 13.9. The van der Waals surface area contributed by atoms with Crippen LogP contribution in [0.5, 0.6) is 0 Å². The number of carbonyl (C=O) groups excluding carboxylic acids is 2. The first kappa shape index (κ1) is 13.0. The Labute approximate surface area is 118 Å². The molecule has 0 aromatic heterocycles. The van der Waals surface area contributed by atoms with Crippen LogP contribution in [0.2, 0.25) is 0 Å². The van der Waals surface area contributed by atoms with Crippen LogP contribution in [0.15, 0.2) is 18.2 Å². The summed E-state index contributed by atoms with van der Waals surface area (Å²) in [6.45, 7) is 0.510. The van der Waals surface area contributed by atoms with Gasteiger partial charge in [-0.05, 0) is 48.9 Å². The molecule has 5 heteroatoms. The molecule has 0 spiro atoms. The second-order valence-corrected chi connectivity index (χ2v) is 5.48. The number of amides is 3. The molecule has 0 unspecified atom stereocenters. The van der Waals surface area contributed by atoms with E-state index in [0.717, 1.165) is 18.5 Å². The summed E-state index contributed by atoms with van der Waals surface area (Å²) in [5, 5.41) is 8.51. The summed E-state index contributed by atoms with van der Waals surface area (Å²) in [7, 11) is 0. The summed E-state index contributed by atoms with van der Waals surface area (Å²) in [6, 6.07) is 5.92. The molecule has 1 aliphatic heterocycles. The van der Waals surface area contributed by atoms with Gasteiger partial charge in [-0.25, -0.2) is 4.79 Å². The average molecular weight is 273 g/mol. The lowest BCUT2D eigenvalue weighted by Crippen LogP contribution is -2.48. The molecule has 1 fully saturated rings. The lowest BCUT2D eigenvalue weighted by molar-refractivity contribution is -0.122. The maximum absolute atomic E-state index is 11.9. The number of benzene rings is 1. The Balaban J connectivity index is 1.55. The van der Waals surface area contributed by atoms with Crippen molar-refractivity contribution < 1.29 is 9.59 Å². The molecule has 1 aromatic carbocycles. The van der Waals surface area contributed by atoms with Crippen molar-refractivity contribution in [2.75, 3.05) is 11.9 Å². The van der Waals surface area contributed by atoms with Gasteiger partial charge >= 0.3 is 6.03 Å². The van der Waals surface area contributed by atoms with Gasteiger partial charge in [0.25, 0.3) is 0 Å². The summed E-state index contributed by atoms with van der Waals surface area (Å²) in [4.78, 5) is 23.0. The van der Waals surface area contributed by atoms with Crippen molar-refractivity contribution in [1.29, 1.82) is 0 Å². The molecule has 3 amide bonds. The van der Waals surface area contributed by atoms with E-state index in [4.69, 9.17) is 0 Å². The first-order valence-corrected chi connectivity index (χ1v) is 7.17. The van der Waals surface area contributed by atoms with E-state index in [1.807, 2.05) is 6.07 Å². The third kappa shape index (κ3) is 2.92. The third-order valence-corrected chi connectivity index (χ3v) is 3.96. The highest BCUT2D eigenvalue weighted by Crippen LogP contribution is 2.24. The van der Waals surface area contributed by atoms with Crippen molar-refractivity contribution >= 4 is 17.6 Å². The average Bonchev–Trinajstić information content (AvgIpc) is 2.89. The molecule has 0 bridgehead atoms. The predicted molar refractivity (Wildman–Crippen MR) is 76.7 cm³/mol. The summed E-state index contributed by atoms with van der Waals surface area (Å²) in [5.41, 5.74) is 3.57. The lowest BCUT2D eigenvalue weighted by Gasteiger charge is -2.23. The van der Waals surface area contributed by atoms with Gasteiger partial charge in [-0.1, -0.05) is 6.07 Å². The molecule has 2 aliphatic rings. The van der Waals surface area contributed by atoms with Crippen molar-refractivity contribution in [3.63, 3.8) is 0 Å². The maximum Gasteiger partial charge on any atom is 0.319 e. The Morgan fingerprint density at radius 3 is 2.85 bits per heavy atom. The first-order valence-electron chi connectivity index (χ1n) is 7.17. The molecular weight excluding hydrogens is 254 g/mol. The minimum atomic E-state index is -0.205. The fraction of sp³-hybridized carbons (Fsp3) is 0.467. The van der Waals surface area contributed by atoms with Crippen molar-refractivity contribution in [1.82, 2.24) is 10.6 Å². The standard InChI is InChI=1S/C15H19N3O2/c19-14-7-6-13(9-16-14)18-15(20)17-12-5-4-10-2-1-3-11(10)8-12/h4-5,8,13H,1-3,6-7,9H2,(H,16,19)(H2,17,18,20)/t13-/m0/s1. The molecule has 0 radical (unpaired) electrons. The number of anilines is 1. The topological polar surface area (TPSA) is 70.2 Å². The fourth-order valence-corrected chi connectivity index (χ4v) is 2.86. The second-order valence-electron chi connectivity index (χ2n) is 5.48. The number of hydrogen-bond acceptors (Lipinski definition) is 2. The summed E-state index contributed by atoms with van der Waals surface area (Å²) >= 11 is 0. The summed E-state index contributed by atoms with van der Waals surface area (Å²) in [5.74, 6) is 0.0575. The molecular formula is C15H19N3O2. The number of hydrogen-bond donors (Lipinski definition) is 3. The normalized spacial score (nSPS) is 21.0. The van der Waals surface area contributed by atoms with Gasteiger partial charge in [0.05, 0.1) is 0 Å². The Hall–Kier alpha value is -2.04. The fourth-order valence-electron chi connectivity index (χ4n) is 2.86. The van der Waals surface area contributed by atoms with Crippen LogP contribution in [-0.4, -0.2) is 24.5 Å². The minimum absolute atomic E-state index is 0.0159. The van der Waals surface area contributed by atoms with Crippen LogP contribution >= 0.6 is 0 Å². The van der Waals surface area contributed by atoms with Crippen molar-refractivity contribution in [2.24, 2.45) is 0 Å². The smallest absolute Gasteiger partial charge is 0.319 e. The molecule has 20 heavy (non-hydrogen) atoms. The van der Waals surface area contributed by atoms with E-state index in [-0.39, 0.29) is 18.0 Å². The van der Waals surface area contributed by atoms with Crippen LogP contribution in [-0.2, 0) is 17.6 Å². The van der Waals surface area contributed by atoms with Gasteiger partial charge in [-0.15, -0.1) is 0 Å². The zero-order valence-corrected chi connectivity index (χ0v) is 11.4. The van der Waals surface area contributed by atoms with Gasteiger partial charge in [-0.2, -0.15) is 0 Å². The molecule has 1 aliphatic carbocycles. The van der Waals surface area contributed by atoms with E-state index in [2.05, 4.69) is 28.1 Å². The van der Waals surface area contributed by atoms with Crippen LogP contribution < -0.4 is 16.0 Å². The SMILES string of the molecule is O=C1CC[C@H](NC(=O)Nc2ccc3c(c2)CCC3)CN1. The molecule has 0 saturated carbocycles. The van der Waals surface area contributed by atoms with Crippen LogP contribution in [0.1, 0.15) is 30.4 Å². The van der Waals surface area contributed by atoms with E-state index >= 15 is 0 Å². The van der Waals surface area contributed by atoms with Crippen LogP contribution in [0.3, 0.4) is 0 Å². The van der Waals surface area contributed by atoms with E-state index in [9.17, 15) is 9.59 Å². The number of nitrogens with one attached hydrogen (secondary N) is 3. The zero-order valence-electron chi connectivity index (χ0n) is 11.4. The third-order valence-electron chi connectivity index (χ3n) is 3.96. The van der Waals surface area contributed by atoms with E-state index in [1.54, 1.807) is 0 Å². The van der Waals surface area contributed by atoms with Crippen LogP contribution in [0, 0.1) is 0 Å². The van der Waals surface area contributed by atoms with Crippen molar-refractivity contribution in [3.05, 3.63) is 29.3 Å². The Bertz CT molecular complexity index is 532. The molecule has 5 nitrogen and oxygen atoms in total. The molecule has 106 valence electrons. The van der Waals surface area contributed by atoms with E-state index in [0.29, 0.717) is 19.4 Å². The predicted octanol–water partition coefficient (Wildman–Crippen LogP) is 1.58. The summed E-state index contributed by atoms with van der Waals surface area (Å²) < 4.78 is 0. The summed E-state index contributed by atoms with van der Waals surface area (Å²) in [6.07, 6.45) is 4.62. The van der Waals surface area contributed by atoms with Gasteiger partial charge in [-0.3, -0.25) is 4.79 Å². The molecule has 1 atom stereocenters. The number of piperidine rings is 1. The Morgan fingerprint density at radius 1 is 1.20 bits per heavy atom. The highest BCUT2D eigenvalue weighted by molar-refractivity contribution is 5.89. The van der Waals surface area contributed by atoms with Gasteiger partial charge < -0.3 is 16.0 Å². The molecule has 3 N–H and O–H groups in total. The minimum Gasteiger partial charge on any atom is -0.354 e. The van der Waals surface area contributed by atoms with E-state index < -0.39 is 0 Å². The monoisotopic (exact) mass is 273 g/mol. The number of fused-ring (bicyclic) bond motifs is 1. The van der Waals surface area contributed by atoms with Crippen molar-refractivity contribution in [3.8, 4) is 0 Å².